The van der Waals surface area contributed by atoms with Gasteiger partial charge in [-0.05, 0) is 29.9 Å². The molecule has 2 rings (SSSR count). The van der Waals surface area contributed by atoms with Crippen LogP contribution in [-0.4, -0.2) is 46.4 Å². The molecule has 8 nitrogen and oxygen atoms in total. The van der Waals surface area contributed by atoms with Crippen LogP contribution in [0.5, 0.6) is 0 Å². The molecule has 28 heavy (non-hydrogen) atoms. The highest BCUT2D eigenvalue weighted by Gasteiger charge is 2.49. The second kappa shape index (κ2) is 7.61. The molecule has 1 aromatic rings. The van der Waals surface area contributed by atoms with Gasteiger partial charge in [0, 0.05) is 0 Å². The van der Waals surface area contributed by atoms with Crippen LogP contribution in [0.3, 0.4) is 0 Å². The second-order valence-electron chi connectivity index (χ2n) is 8.14. The first-order valence-corrected chi connectivity index (χ1v) is 9.17. The van der Waals surface area contributed by atoms with E-state index in [2.05, 4.69) is 31.4 Å². The number of nitrogens with zero attached hydrogens (tertiary/aromatic N) is 1. The average Bonchev–Trinajstić information content (AvgIpc) is 2.83. The van der Waals surface area contributed by atoms with E-state index in [1.807, 2.05) is 12.1 Å². The third kappa shape index (κ3) is 4.16. The number of carboxylic acids is 1. The third-order valence-corrected chi connectivity index (χ3v) is 4.95. The molecule has 0 saturated carbocycles. The van der Waals surface area contributed by atoms with Gasteiger partial charge in [0.2, 0.25) is 5.91 Å². The summed E-state index contributed by atoms with van der Waals surface area (Å²) in [4.78, 5) is 49.2. The zero-order chi connectivity index (χ0) is 21.3. The van der Waals surface area contributed by atoms with E-state index in [-0.39, 0.29) is 11.8 Å². The van der Waals surface area contributed by atoms with E-state index in [9.17, 15) is 19.2 Å². The molecule has 8 heteroatoms. The van der Waals surface area contributed by atoms with E-state index in [1.165, 1.54) is 0 Å². The number of hydrogen-bond acceptors (Lipinski definition) is 4. The van der Waals surface area contributed by atoms with E-state index in [0.717, 1.165) is 10.5 Å². The van der Waals surface area contributed by atoms with Crippen molar-refractivity contribution in [3.63, 3.8) is 0 Å². The summed E-state index contributed by atoms with van der Waals surface area (Å²) in [6.45, 7) is 8.90. The lowest BCUT2D eigenvalue weighted by atomic mass is 9.84. The van der Waals surface area contributed by atoms with Crippen molar-refractivity contribution in [2.45, 2.75) is 58.0 Å². The predicted octanol–water partition coefficient (Wildman–Crippen LogP) is 1.73. The molecule has 1 aliphatic heterocycles. The maximum absolute atomic E-state index is 12.9. The molecular weight excluding hydrogens is 362 g/mol. The van der Waals surface area contributed by atoms with Gasteiger partial charge in [0.15, 0.2) is 0 Å². The van der Waals surface area contributed by atoms with Crippen LogP contribution < -0.4 is 10.6 Å². The zero-order valence-electron chi connectivity index (χ0n) is 16.8. The van der Waals surface area contributed by atoms with Crippen molar-refractivity contribution in [1.29, 1.82) is 0 Å². The van der Waals surface area contributed by atoms with Crippen molar-refractivity contribution in [3.05, 3.63) is 35.4 Å². The number of imide groups is 1. The number of hydrogen-bond donors (Lipinski definition) is 3. The van der Waals surface area contributed by atoms with Crippen LogP contribution in [0.1, 0.15) is 52.2 Å². The number of carbonyl (C=O) groups excluding carboxylic acids is 3. The zero-order valence-corrected chi connectivity index (χ0v) is 16.8. The number of amides is 4. The fraction of sp³-hybridized carbons (Fsp3) is 0.500. The van der Waals surface area contributed by atoms with Crippen molar-refractivity contribution in [2.24, 2.45) is 0 Å². The van der Waals surface area contributed by atoms with Gasteiger partial charge in [0.05, 0.1) is 0 Å². The smallest absolute Gasteiger partial charge is 0.326 e. The summed E-state index contributed by atoms with van der Waals surface area (Å²) in [5.41, 5.74) is 0.364. The maximum Gasteiger partial charge on any atom is 0.326 e. The molecule has 0 spiro atoms. The normalized spacial score (nSPS) is 20.7. The molecule has 0 aromatic heterocycles. The molecule has 3 N–H and O–H groups in total. The van der Waals surface area contributed by atoms with Crippen LogP contribution in [0.25, 0.3) is 0 Å². The van der Waals surface area contributed by atoms with E-state index < -0.39 is 41.9 Å². The van der Waals surface area contributed by atoms with Gasteiger partial charge in [0.25, 0.3) is 5.91 Å². The monoisotopic (exact) mass is 389 g/mol. The minimum Gasteiger partial charge on any atom is -0.480 e. The molecule has 1 aliphatic rings. The highest BCUT2D eigenvalue weighted by Crippen LogP contribution is 2.31. The standard InChI is InChI=1S/C20H27N3O5/c1-6-14(16(25)26)21-15(24)11-23-17(27)20(5,22-18(23)28)13-9-7-12(8-10-13)19(2,3)4/h7-10,14H,6,11H2,1-5H3,(H,21,24)(H,22,28)(H,25,26). The van der Waals surface area contributed by atoms with E-state index >= 15 is 0 Å². The van der Waals surface area contributed by atoms with Gasteiger partial charge in [-0.3, -0.25) is 14.5 Å². The number of aliphatic carboxylic acids is 1. The van der Waals surface area contributed by atoms with Crippen LogP contribution in [0.2, 0.25) is 0 Å². The molecule has 2 atom stereocenters. The number of carbonyl (C=O) groups is 4. The van der Waals surface area contributed by atoms with Crippen molar-refractivity contribution < 1.29 is 24.3 Å². The fourth-order valence-electron chi connectivity index (χ4n) is 3.06. The van der Waals surface area contributed by atoms with Crippen LogP contribution in [0.4, 0.5) is 4.79 Å². The molecule has 0 aliphatic carbocycles. The summed E-state index contributed by atoms with van der Waals surface area (Å²) in [6, 6.07) is 5.65. The molecule has 1 fully saturated rings. The average molecular weight is 389 g/mol. The van der Waals surface area contributed by atoms with Gasteiger partial charge >= 0.3 is 12.0 Å². The number of urea groups is 1. The van der Waals surface area contributed by atoms with Crippen molar-refractivity contribution >= 4 is 23.8 Å². The van der Waals surface area contributed by atoms with Crippen LogP contribution >= 0.6 is 0 Å². The van der Waals surface area contributed by atoms with E-state index in [0.29, 0.717) is 5.56 Å². The maximum atomic E-state index is 12.9. The highest BCUT2D eigenvalue weighted by molar-refractivity contribution is 6.09. The molecule has 1 heterocycles. The predicted molar refractivity (Wildman–Crippen MR) is 103 cm³/mol. The van der Waals surface area contributed by atoms with Gasteiger partial charge in [-0.2, -0.15) is 0 Å². The Morgan fingerprint density at radius 2 is 1.79 bits per heavy atom. The Morgan fingerprint density at radius 3 is 2.25 bits per heavy atom. The second-order valence-corrected chi connectivity index (χ2v) is 8.14. The Labute approximate surface area is 164 Å². The molecule has 152 valence electrons. The van der Waals surface area contributed by atoms with Crippen LogP contribution in [0.15, 0.2) is 24.3 Å². The van der Waals surface area contributed by atoms with Crippen molar-refractivity contribution in [1.82, 2.24) is 15.5 Å². The molecule has 0 radical (unpaired) electrons. The largest absolute Gasteiger partial charge is 0.480 e. The SMILES string of the molecule is CCC(NC(=O)CN1C(=O)NC(C)(c2ccc(C(C)(C)C)cc2)C1=O)C(=O)O. The van der Waals surface area contributed by atoms with Crippen LogP contribution in [0, 0.1) is 0 Å². The first kappa shape index (κ1) is 21.4. The Hall–Kier alpha value is -2.90. The summed E-state index contributed by atoms with van der Waals surface area (Å²) in [7, 11) is 0. The summed E-state index contributed by atoms with van der Waals surface area (Å²) < 4.78 is 0. The summed E-state index contributed by atoms with van der Waals surface area (Å²) in [5.74, 6) is -2.43. The Morgan fingerprint density at radius 1 is 1.21 bits per heavy atom. The fourth-order valence-corrected chi connectivity index (χ4v) is 3.06. The lowest BCUT2D eigenvalue weighted by molar-refractivity contribution is -0.142. The minimum atomic E-state index is -1.29. The number of rotatable bonds is 6. The lowest BCUT2D eigenvalue weighted by Crippen LogP contribution is -2.47. The minimum absolute atomic E-state index is 0.0492. The van der Waals surface area contributed by atoms with E-state index in [4.69, 9.17) is 5.11 Å². The summed E-state index contributed by atoms with van der Waals surface area (Å²) >= 11 is 0. The summed E-state index contributed by atoms with van der Waals surface area (Å²) in [6.07, 6.45) is 0.194. The first-order valence-electron chi connectivity index (χ1n) is 9.17. The first-order chi connectivity index (χ1) is 12.9. The van der Waals surface area contributed by atoms with Crippen molar-refractivity contribution in [3.8, 4) is 0 Å². The number of nitrogens with one attached hydrogen (secondary N) is 2. The topological polar surface area (TPSA) is 116 Å². The van der Waals surface area contributed by atoms with Gasteiger partial charge in [-0.1, -0.05) is 52.0 Å². The number of carboxylic acid groups (broad SMARTS) is 1. The quantitative estimate of drug-likeness (QED) is 0.641. The lowest BCUT2D eigenvalue weighted by Gasteiger charge is -2.24. The van der Waals surface area contributed by atoms with Crippen molar-refractivity contribution in [2.75, 3.05) is 6.54 Å². The third-order valence-electron chi connectivity index (χ3n) is 4.95. The molecule has 0 bridgehead atoms. The van der Waals surface area contributed by atoms with Gasteiger partial charge in [0.1, 0.15) is 18.1 Å². The van der Waals surface area contributed by atoms with E-state index in [1.54, 1.807) is 26.0 Å². The van der Waals surface area contributed by atoms with Crippen LogP contribution in [-0.2, 0) is 25.3 Å². The molecular formula is C20H27N3O5. The summed E-state index contributed by atoms with van der Waals surface area (Å²) in [5, 5.41) is 14.0. The van der Waals surface area contributed by atoms with Gasteiger partial charge < -0.3 is 15.7 Å². The Balaban J connectivity index is 2.18. The Bertz CT molecular complexity index is 797. The molecule has 1 aromatic carbocycles. The number of benzene rings is 1. The highest BCUT2D eigenvalue weighted by atomic mass is 16.4. The van der Waals surface area contributed by atoms with Gasteiger partial charge in [-0.15, -0.1) is 0 Å². The molecule has 2 unspecified atom stereocenters. The van der Waals surface area contributed by atoms with Gasteiger partial charge in [-0.25, -0.2) is 9.59 Å². The molecule has 4 amide bonds. The Kier molecular flexibility index (Phi) is 5.82. The molecule has 1 saturated heterocycles.